The van der Waals surface area contributed by atoms with Crippen LogP contribution in [0.1, 0.15) is 25.3 Å². The molecule has 0 heterocycles. The van der Waals surface area contributed by atoms with Crippen molar-refractivity contribution in [2.75, 3.05) is 13.2 Å². The maximum absolute atomic E-state index is 10.9. The van der Waals surface area contributed by atoms with Gasteiger partial charge in [0.25, 0.3) is 5.69 Å². The molecule has 112 valence electrons. The van der Waals surface area contributed by atoms with Crippen molar-refractivity contribution in [3.63, 3.8) is 0 Å². The molecule has 0 bridgehead atoms. The Kier molecular flexibility index (Phi) is 4.43. The van der Waals surface area contributed by atoms with E-state index in [4.69, 9.17) is 4.74 Å². The summed E-state index contributed by atoms with van der Waals surface area (Å²) >= 11 is 0. The van der Waals surface area contributed by atoms with Crippen LogP contribution >= 0.6 is 0 Å². The lowest BCUT2D eigenvalue weighted by atomic mass is 9.96. The third kappa shape index (κ3) is 3.14. The normalized spacial score (nSPS) is 16.8. The maximum Gasteiger partial charge on any atom is 0.276 e. The number of rotatable bonds is 7. The van der Waals surface area contributed by atoms with E-state index in [1.54, 1.807) is 19.1 Å². The first kappa shape index (κ1) is 15.3. The van der Waals surface area contributed by atoms with Crippen molar-refractivity contribution < 1.29 is 9.66 Å². The summed E-state index contributed by atoms with van der Waals surface area (Å²) in [7, 11) is 0. The maximum atomic E-state index is 10.9. The first-order chi connectivity index (χ1) is 10.0. The Morgan fingerprint density at radius 1 is 1.57 bits per heavy atom. The Hall–Kier alpha value is -2.13. The molecule has 1 aromatic carbocycles. The Morgan fingerprint density at radius 2 is 2.29 bits per heavy atom. The van der Waals surface area contributed by atoms with Crippen LogP contribution in [-0.2, 0) is 0 Å². The molecule has 0 aromatic heterocycles. The number of benzene rings is 1. The molecule has 6 nitrogen and oxygen atoms in total. The summed E-state index contributed by atoms with van der Waals surface area (Å²) in [6.07, 6.45) is 2.02. The molecule has 1 N–H and O–H groups in total. The van der Waals surface area contributed by atoms with Crippen LogP contribution < -0.4 is 10.1 Å². The van der Waals surface area contributed by atoms with Crippen LogP contribution in [0.25, 0.3) is 0 Å². The highest BCUT2D eigenvalue weighted by atomic mass is 16.6. The Bertz CT molecular complexity index is 578. The Morgan fingerprint density at radius 3 is 2.81 bits per heavy atom. The van der Waals surface area contributed by atoms with Crippen molar-refractivity contribution in [3.05, 3.63) is 33.9 Å². The molecule has 1 atom stereocenters. The van der Waals surface area contributed by atoms with Gasteiger partial charge < -0.3 is 4.74 Å². The minimum Gasteiger partial charge on any atom is -0.490 e. The van der Waals surface area contributed by atoms with Gasteiger partial charge in [-0.05, 0) is 38.3 Å². The highest BCUT2D eigenvalue weighted by Crippen LogP contribution is 2.40. The number of nitriles is 1. The molecule has 6 heteroatoms. The molecular formula is C15H19N3O3. The van der Waals surface area contributed by atoms with E-state index >= 15 is 0 Å². The lowest BCUT2D eigenvalue weighted by molar-refractivity contribution is -0.385. The van der Waals surface area contributed by atoms with Gasteiger partial charge in [0.1, 0.15) is 17.9 Å². The summed E-state index contributed by atoms with van der Waals surface area (Å²) in [6, 6.07) is 7.08. The standard InChI is InChI=1S/C15H19N3O3/c1-3-17-15(9-16,12-7-8-12)10-21-14-6-4-5-13(11(14)2)18(19)20/h4-6,12,17H,3,7-8,10H2,1-2H3. The molecule has 21 heavy (non-hydrogen) atoms. The van der Waals surface area contributed by atoms with Crippen LogP contribution in [0.3, 0.4) is 0 Å². The zero-order chi connectivity index (χ0) is 15.5. The molecule has 1 aliphatic rings. The summed E-state index contributed by atoms with van der Waals surface area (Å²) in [5, 5.41) is 23.7. The lowest BCUT2D eigenvalue weighted by Crippen LogP contribution is -2.50. The fourth-order valence-corrected chi connectivity index (χ4v) is 2.52. The zero-order valence-electron chi connectivity index (χ0n) is 12.3. The van der Waals surface area contributed by atoms with E-state index < -0.39 is 10.5 Å². The summed E-state index contributed by atoms with van der Waals surface area (Å²) < 4.78 is 5.75. The van der Waals surface area contributed by atoms with Crippen LogP contribution in [0.2, 0.25) is 0 Å². The van der Waals surface area contributed by atoms with Gasteiger partial charge in [-0.1, -0.05) is 13.0 Å². The predicted octanol–water partition coefficient (Wildman–Crippen LogP) is 2.56. The molecule has 1 saturated carbocycles. The second-order valence-corrected chi connectivity index (χ2v) is 5.33. The summed E-state index contributed by atoms with van der Waals surface area (Å²) in [5.74, 6) is 0.754. The van der Waals surface area contributed by atoms with Gasteiger partial charge in [-0.15, -0.1) is 0 Å². The Labute approximate surface area is 123 Å². The summed E-state index contributed by atoms with van der Waals surface area (Å²) in [4.78, 5) is 10.5. The first-order valence-corrected chi connectivity index (χ1v) is 7.07. The quantitative estimate of drug-likeness (QED) is 0.615. The van der Waals surface area contributed by atoms with Crippen molar-refractivity contribution in [2.45, 2.75) is 32.2 Å². The van der Waals surface area contributed by atoms with Gasteiger partial charge in [-0.25, -0.2) is 0 Å². The van der Waals surface area contributed by atoms with Crippen molar-refractivity contribution in [1.29, 1.82) is 5.26 Å². The van der Waals surface area contributed by atoms with E-state index in [2.05, 4.69) is 11.4 Å². The van der Waals surface area contributed by atoms with Crippen molar-refractivity contribution in [3.8, 4) is 11.8 Å². The zero-order valence-corrected chi connectivity index (χ0v) is 12.3. The van der Waals surface area contributed by atoms with Gasteiger partial charge in [0.2, 0.25) is 0 Å². The van der Waals surface area contributed by atoms with Gasteiger partial charge in [-0.3, -0.25) is 15.4 Å². The van der Waals surface area contributed by atoms with Crippen molar-refractivity contribution in [2.24, 2.45) is 5.92 Å². The van der Waals surface area contributed by atoms with E-state index in [-0.39, 0.29) is 12.3 Å². The molecular weight excluding hydrogens is 270 g/mol. The van der Waals surface area contributed by atoms with Gasteiger partial charge in [0.15, 0.2) is 0 Å². The molecule has 1 aromatic rings. The van der Waals surface area contributed by atoms with Crippen LogP contribution in [0.15, 0.2) is 18.2 Å². The molecule has 1 unspecified atom stereocenters. The van der Waals surface area contributed by atoms with Crippen LogP contribution in [0, 0.1) is 34.3 Å². The third-order valence-electron chi connectivity index (χ3n) is 3.87. The second kappa shape index (κ2) is 6.10. The van der Waals surface area contributed by atoms with E-state index in [1.165, 1.54) is 6.07 Å². The van der Waals surface area contributed by atoms with E-state index in [1.807, 2.05) is 6.92 Å². The largest absolute Gasteiger partial charge is 0.490 e. The van der Waals surface area contributed by atoms with Crippen LogP contribution in [-0.4, -0.2) is 23.6 Å². The molecule has 1 fully saturated rings. The van der Waals surface area contributed by atoms with E-state index in [0.29, 0.717) is 23.8 Å². The van der Waals surface area contributed by atoms with E-state index in [9.17, 15) is 15.4 Å². The fourth-order valence-electron chi connectivity index (χ4n) is 2.52. The molecule has 0 radical (unpaired) electrons. The SMILES string of the molecule is CCNC(C#N)(COc1cccc([N+](=O)[O-])c1C)C1CC1. The van der Waals surface area contributed by atoms with Gasteiger partial charge >= 0.3 is 0 Å². The molecule has 0 amide bonds. The topological polar surface area (TPSA) is 88.2 Å². The molecule has 0 saturated heterocycles. The number of hydrogen-bond acceptors (Lipinski definition) is 5. The van der Waals surface area contributed by atoms with Gasteiger partial charge in [-0.2, -0.15) is 5.26 Å². The highest BCUT2D eigenvalue weighted by Gasteiger charge is 2.46. The second-order valence-electron chi connectivity index (χ2n) is 5.33. The fraction of sp³-hybridized carbons (Fsp3) is 0.533. The molecule has 0 aliphatic heterocycles. The predicted molar refractivity (Wildman–Crippen MR) is 78.1 cm³/mol. The minimum atomic E-state index is -0.703. The number of nitro benzene ring substituents is 1. The number of nitrogens with zero attached hydrogens (tertiary/aromatic N) is 2. The molecule has 1 aliphatic carbocycles. The highest BCUT2D eigenvalue weighted by molar-refractivity contribution is 5.48. The molecule has 0 spiro atoms. The average Bonchev–Trinajstić information content (AvgIpc) is 3.29. The number of nitro groups is 1. The van der Waals surface area contributed by atoms with Crippen LogP contribution in [0.4, 0.5) is 5.69 Å². The van der Waals surface area contributed by atoms with Crippen molar-refractivity contribution >= 4 is 5.69 Å². The third-order valence-corrected chi connectivity index (χ3v) is 3.87. The summed E-state index contributed by atoms with van der Waals surface area (Å²) in [5.41, 5.74) is -0.183. The average molecular weight is 289 g/mol. The van der Waals surface area contributed by atoms with Gasteiger partial charge in [0.05, 0.1) is 16.6 Å². The monoisotopic (exact) mass is 289 g/mol. The minimum absolute atomic E-state index is 0.0323. The van der Waals surface area contributed by atoms with Gasteiger partial charge in [0, 0.05) is 6.07 Å². The summed E-state index contributed by atoms with van der Waals surface area (Å²) in [6.45, 7) is 4.49. The smallest absolute Gasteiger partial charge is 0.276 e. The Balaban J connectivity index is 2.17. The number of hydrogen-bond donors (Lipinski definition) is 1. The van der Waals surface area contributed by atoms with Crippen molar-refractivity contribution in [1.82, 2.24) is 5.32 Å². The first-order valence-electron chi connectivity index (χ1n) is 7.07. The number of likely N-dealkylation sites (N-methyl/N-ethyl adjacent to an activating group) is 1. The van der Waals surface area contributed by atoms with E-state index in [0.717, 1.165) is 12.8 Å². The lowest BCUT2D eigenvalue weighted by Gasteiger charge is -2.27. The van der Waals surface area contributed by atoms with Crippen LogP contribution in [0.5, 0.6) is 5.75 Å². The molecule has 2 rings (SSSR count). The number of ether oxygens (including phenoxy) is 1. The number of nitrogens with one attached hydrogen (secondary N) is 1.